The highest BCUT2D eigenvalue weighted by molar-refractivity contribution is 14.1. The van der Waals surface area contributed by atoms with Gasteiger partial charge < -0.3 is 0 Å². The highest BCUT2D eigenvalue weighted by atomic mass is 127. The maximum atomic E-state index is 4.48. The Hall–Kier alpha value is -2.46. The van der Waals surface area contributed by atoms with Gasteiger partial charge in [-0.1, -0.05) is 79.9 Å². The van der Waals surface area contributed by atoms with E-state index >= 15 is 0 Å². The van der Waals surface area contributed by atoms with Crippen molar-refractivity contribution in [2.75, 3.05) is 0 Å². The first-order chi connectivity index (χ1) is 13.0. The number of nitrogens with zero attached hydrogens (tertiary/aromatic N) is 1. The fraction of sp³-hybridized carbons (Fsp3) is 0.0800. The summed E-state index contributed by atoms with van der Waals surface area (Å²) in [6.45, 7) is 12.5. The van der Waals surface area contributed by atoms with Crippen LogP contribution in [-0.4, -0.2) is 5.71 Å². The average molecular weight is 463 g/mol. The van der Waals surface area contributed by atoms with Crippen molar-refractivity contribution in [2.45, 2.75) is 13.8 Å². The van der Waals surface area contributed by atoms with Crippen LogP contribution in [0.2, 0.25) is 0 Å². The second kappa shape index (κ2) is 8.49. The van der Waals surface area contributed by atoms with Crippen LogP contribution in [0.15, 0.2) is 105 Å². The molecule has 0 aliphatic heterocycles. The molecular formula is C25H22IN. The third kappa shape index (κ3) is 4.11. The summed E-state index contributed by atoms with van der Waals surface area (Å²) in [5.41, 5.74) is 10.1. The monoisotopic (exact) mass is 463 g/mol. The number of hydrogen-bond donors (Lipinski definition) is 0. The Morgan fingerprint density at radius 3 is 2.37 bits per heavy atom. The van der Waals surface area contributed by atoms with Crippen LogP contribution < -0.4 is 0 Å². The third-order valence-corrected chi connectivity index (χ3v) is 5.37. The molecule has 0 amide bonds. The standard InChI is InChI=1S/C25H22IN/c1-5-20-16-23(21-9-7-6-8-10-21)13-14-24(20)25(27-26)17(2)11-12-22-15-18(3)19(22)4/h5-16H,1-2H2,3-4H3/b12-11-,27-25?. The van der Waals surface area contributed by atoms with Gasteiger partial charge in [0.1, 0.15) is 0 Å². The molecule has 0 unspecified atom stereocenters. The molecule has 0 saturated carbocycles. The van der Waals surface area contributed by atoms with E-state index in [0.717, 1.165) is 22.4 Å². The zero-order chi connectivity index (χ0) is 19.4. The largest absolute Gasteiger partial charge is 0.214 e. The van der Waals surface area contributed by atoms with Gasteiger partial charge >= 0.3 is 0 Å². The van der Waals surface area contributed by atoms with Crippen LogP contribution in [0, 0.1) is 0 Å². The second-order valence-corrected chi connectivity index (χ2v) is 7.05. The van der Waals surface area contributed by atoms with Crippen molar-refractivity contribution in [2.24, 2.45) is 3.21 Å². The van der Waals surface area contributed by atoms with Gasteiger partial charge in [0.05, 0.1) is 28.6 Å². The van der Waals surface area contributed by atoms with E-state index in [1.54, 1.807) is 0 Å². The lowest BCUT2D eigenvalue weighted by atomic mass is 9.89. The van der Waals surface area contributed by atoms with Gasteiger partial charge in [0.2, 0.25) is 0 Å². The Morgan fingerprint density at radius 1 is 1.04 bits per heavy atom. The lowest BCUT2D eigenvalue weighted by Gasteiger charge is -2.16. The minimum atomic E-state index is 0.875. The topological polar surface area (TPSA) is 12.4 Å². The molecule has 1 aliphatic carbocycles. The van der Waals surface area contributed by atoms with Gasteiger partial charge in [0.15, 0.2) is 0 Å². The van der Waals surface area contributed by atoms with Crippen LogP contribution >= 0.6 is 22.9 Å². The van der Waals surface area contributed by atoms with Crippen LogP contribution in [0.5, 0.6) is 0 Å². The lowest BCUT2D eigenvalue weighted by Crippen LogP contribution is -2.05. The van der Waals surface area contributed by atoms with Gasteiger partial charge in [-0.15, -0.1) is 0 Å². The van der Waals surface area contributed by atoms with Gasteiger partial charge in [-0.25, -0.2) is 3.21 Å². The van der Waals surface area contributed by atoms with Crippen LogP contribution in [0.1, 0.15) is 25.0 Å². The highest BCUT2D eigenvalue weighted by Gasteiger charge is 2.13. The number of rotatable bonds is 6. The number of halogens is 1. The van der Waals surface area contributed by atoms with E-state index < -0.39 is 0 Å². The molecule has 134 valence electrons. The molecule has 2 heteroatoms. The molecule has 0 saturated heterocycles. The first kappa shape index (κ1) is 19.3. The van der Waals surface area contributed by atoms with Gasteiger partial charge in [-0.3, -0.25) is 0 Å². The number of allylic oxidation sites excluding steroid dienone is 7. The molecule has 0 aromatic heterocycles. The minimum Gasteiger partial charge on any atom is -0.214 e. The Balaban J connectivity index is 1.90. The van der Waals surface area contributed by atoms with Gasteiger partial charge in [-0.2, -0.15) is 0 Å². The van der Waals surface area contributed by atoms with E-state index in [9.17, 15) is 0 Å². The Bertz CT molecular complexity index is 1020. The van der Waals surface area contributed by atoms with Crippen molar-refractivity contribution in [3.8, 4) is 11.1 Å². The SMILES string of the molecule is C=Cc1cc(-c2ccccc2)ccc1C(=NI)C(=C)/C=C\C1=C(C)C(C)=C1. The fourth-order valence-electron chi connectivity index (χ4n) is 3.07. The number of hydrogen-bond acceptors (Lipinski definition) is 1. The lowest BCUT2D eigenvalue weighted by molar-refractivity contribution is 1.23. The molecule has 0 atom stereocenters. The van der Waals surface area contributed by atoms with Crippen molar-refractivity contribution in [1.82, 2.24) is 0 Å². The average Bonchev–Trinajstić information content (AvgIpc) is 2.72. The van der Waals surface area contributed by atoms with Crippen molar-refractivity contribution < 1.29 is 0 Å². The first-order valence-corrected chi connectivity index (χ1v) is 9.79. The summed E-state index contributed by atoms with van der Waals surface area (Å²) in [6.07, 6.45) is 8.21. The van der Waals surface area contributed by atoms with E-state index in [1.807, 2.05) is 41.1 Å². The molecule has 0 bridgehead atoms. The zero-order valence-corrected chi connectivity index (χ0v) is 17.8. The summed E-state index contributed by atoms with van der Waals surface area (Å²) in [5, 5.41) is 0. The van der Waals surface area contributed by atoms with Gasteiger partial charge in [0.25, 0.3) is 0 Å². The molecule has 0 spiro atoms. The van der Waals surface area contributed by atoms with E-state index in [0.29, 0.717) is 0 Å². The van der Waals surface area contributed by atoms with Crippen molar-refractivity contribution >= 4 is 34.7 Å². The first-order valence-electron chi connectivity index (χ1n) is 8.83. The molecule has 2 aromatic carbocycles. The summed E-state index contributed by atoms with van der Waals surface area (Å²) in [7, 11) is 0. The van der Waals surface area contributed by atoms with Crippen molar-refractivity contribution in [3.63, 3.8) is 0 Å². The van der Waals surface area contributed by atoms with Crippen LogP contribution in [-0.2, 0) is 0 Å². The minimum absolute atomic E-state index is 0.875. The summed E-state index contributed by atoms with van der Waals surface area (Å²) in [5.74, 6) is 0. The molecule has 0 N–H and O–H groups in total. The highest BCUT2D eigenvalue weighted by Crippen LogP contribution is 2.29. The molecule has 1 aliphatic rings. The zero-order valence-electron chi connectivity index (χ0n) is 15.7. The number of benzene rings is 2. The van der Waals surface area contributed by atoms with Crippen molar-refractivity contribution in [3.05, 3.63) is 113 Å². The van der Waals surface area contributed by atoms with E-state index in [4.69, 9.17) is 0 Å². The van der Waals surface area contributed by atoms with Crippen LogP contribution in [0.25, 0.3) is 17.2 Å². The molecule has 3 rings (SSSR count). The van der Waals surface area contributed by atoms with Crippen LogP contribution in [0.3, 0.4) is 0 Å². The molecule has 1 nitrogen and oxygen atoms in total. The molecule has 27 heavy (non-hydrogen) atoms. The van der Waals surface area contributed by atoms with E-state index in [-0.39, 0.29) is 0 Å². The predicted molar refractivity (Wildman–Crippen MR) is 127 cm³/mol. The van der Waals surface area contributed by atoms with Gasteiger partial charge in [-0.05, 0) is 58.9 Å². The molecule has 0 heterocycles. The molecule has 0 fully saturated rings. The Labute approximate surface area is 175 Å². The maximum absolute atomic E-state index is 4.48. The maximum Gasteiger partial charge on any atom is 0.0841 e. The molecular weight excluding hydrogens is 441 g/mol. The molecule has 2 aromatic rings. The van der Waals surface area contributed by atoms with Crippen molar-refractivity contribution in [1.29, 1.82) is 0 Å². The Kier molecular flexibility index (Phi) is 6.07. The summed E-state index contributed by atoms with van der Waals surface area (Å²) >= 11 is 2.04. The van der Waals surface area contributed by atoms with E-state index in [2.05, 4.69) is 84.8 Å². The van der Waals surface area contributed by atoms with E-state index in [1.165, 1.54) is 27.8 Å². The van der Waals surface area contributed by atoms with Crippen LogP contribution in [0.4, 0.5) is 0 Å². The normalized spacial score (nSPS) is 14.2. The summed E-state index contributed by atoms with van der Waals surface area (Å²) < 4.78 is 4.48. The second-order valence-electron chi connectivity index (χ2n) is 6.57. The predicted octanol–water partition coefficient (Wildman–Crippen LogP) is 7.52. The summed E-state index contributed by atoms with van der Waals surface area (Å²) in [4.78, 5) is 0. The fourth-order valence-corrected chi connectivity index (χ4v) is 3.64. The summed E-state index contributed by atoms with van der Waals surface area (Å²) in [6, 6.07) is 16.7. The smallest absolute Gasteiger partial charge is 0.0841 e. The Morgan fingerprint density at radius 2 is 1.78 bits per heavy atom. The molecule has 0 radical (unpaired) electrons. The van der Waals surface area contributed by atoms with Gasteiger partial charge in [0, 0.05) is 5.56 Å². The quantitative estimate of drug-likeness (QED) is 0.239. The third-order valence-electron chi connectivity index (χ3n) is 4.88.